The number of aromatic nitrogens is 2. The van der Waals surface area contributed by atoms with Crippen molar-refractivity contribution in [3.63, 3.8) is 0 Å². The minimum atomic E-state index is -3.62. The molecule has 0 spiro atoms. The molecule has 0 saturated carbocycles. The molecule has 2 N–H and O–H groups in total. The van der Waals surface area contributed by atoms with Gasteiger partial charge in [-0.15, -0.1) is 22.0 Å². The van der Waals surface area contributed by atoms with Crippen molar-refractivity contribution in [3.8, 4) is 17.2 Å². The molecule has 3 heterocycles. The van der Waals surface area contributed by atoms with Crippen molar-refractivity contribution in [1.82, 2.24) is 10.2 Å². The van der Waals surface area contributed by atoms with Gasteiger partial charge in [0.25, 0.3) is 5.89 Å². The highest BCUT2D eigenvalue weighted by atomic mass is 32.2. The highest BCUT2D eigenvalue weighted by molar-refractivity contribution is 8.09. The highest BCUT2D eigenvalue weighted by Crippen LogP contribution is 2.48. The van der Waals surface area contributed by atoms with Crippen molar-refractivity contribution in [1.29, 1.82) is 0 Å². The van der Waals surface area contributed by atoms with Gasteiger partial charge in [-0.3, -0.25) is 4.99 Å². The third-order valence-electron chi connectivity index (χ3n) is 5.69. The van der Waals surface area contributed by atoms with E-state index >= 15 is 4.39 Å². The summed E-state index contributed by atoms with van der Waals surface area (Å²) >= 11 is 1.14. The second-order valence-corrected chi connectivity index (χ2v) is 12.0. The topological polar surface area (TPSA) is 121 Å². The molecule has 31 heavy (non-hydrogen) atoms. The number of alkyl halides is 1. The smallest absolute Gasteiger partial charge is 0.254 e. The molecule has 0 radical (unpaired) electrons. The average molecular weight is 467 g/mol. The van der Waals surface area contributed by atoms with Crippen LogP contribution in [0.5, 0.6) is 5.75 Å². The number of sulfone groups is 1. The van der Waals surface area contributed by atoms with Gasteiger partial charge < -0.3 is 14.9 Å². The van der Waals surface area contributed by atoms with E-state index in [4.69, 9.17) is 14.9 Å². The SMILES string of the molecule is COc1ccc(-c2nnc(C3=CC(F)C([C@]4(C)CS(=O)(=O)C(C)(C)C(N)=N4)S3)o2)cc1. The minimum absolute atomic E-state index is 0.0120. The van der Waals surface area contributed by atoms with Crippen LogP contribution in [0.25, 0.3) is 16.4 Å². The Balaban J connectivity index is 1.59. The first-order valence-electron chi connectivity index (χ1n) is 9.56. The van der Waals surface area contributed by atoms with Crippen LogP contribution in [0.15, 0.2) is 39.8 Å². The first-order valence-corrected chi connectivity index (χ1v) is 12.1. The molecule has 1 aromatic carbocycles. The summed E-state index contributed by atoms with van der Waals surface area (Å²) in [6.45, 7) is 4.64. The van der Waals surface area contributed by atoms with Crippen LogP contribution in [0.1, 0.15) is 26.7 Å². The maximum absolute atomic E-state index is 15.0. The second kappa shape index (κ2) is 7.33. The summed E-state index contributed by atoms with van der Waals surface area (Å²) in [5.41, 5.74) is 5.46. The zero-order valence-electron chi connectivity index (χ0n) is 17.5. The first-order chi connectivity index (χ1) is 14.5. The summed E-state index contributed by atoms with van der Waals surface area (Å²) < 4.78 is 50.2. The van der Waals surface area contributed by atoms with E-state index in [1.807, 2.05) is 0 Å². The second-order valence-electron chi connectivity index (χ2n) is 8.28. The average Bonchev–Trinajstić information content (AvgIpc) is 3.33. The van der Waals surface area contributed by atoms with Crippen LogP contribution in [0, 0.1) is 0 Å². The van der Waals surface area contributed by atoms with Gasteiger partial charge in [0.2, 0.25) is 5.89 Å². The summed E-state index contributed by atoms with van der Waals surface area (Å²) in [6, 6.07) is 7.09. The fourth-order valence-corrected chi connectivity index (χ4v) is 6.66. The van der Waals surface area contributed by atoms with Crippen molar-refractivity contribution in [3.05, 3.63) is 36.2 Å². The lowest BCUT2D eigenvalue weighted by Crippen LogP contribution is -2.59. The normalized spacial score (nSPS) is 29.3. The van der Waals surface area contributed by atoms with Gasteiger partial charge in [-0.1, -0.05) is 0 Å². The van der Waals surface area contributed by atoms with Gasteiger partial charge in [-0.2, -0.15) is 0 Å². The van der Waals surface area contributed by atoms with Gasteiger partial charge in [-0.05, 0) is 51.1 Å². The van der Waals surface area contributed by atoms with E-state index < -0.39 is 31.5 Å². The Labute approximate surface area is 184 Å². The van der Waals surface area contributed by atoms with Crippen LogP contribution in [-0.4, -0.2) is 59.0 Å². The van der Waals surface area contributed by atoms with Gasteiger partial charge in [-0.25, -0.2) is 12.8 Å². The Morgan fingerprint density at radius 3 is 2.45 bits per heavy atom. The molecule has 4 rings (SSSR count). The molecular weight excluding hydrogens is 443 g/mol. The van der Waals surface area contributed by atoms with Crippen LogP contribution in [-0.2, 0) is 9.84 Å². The number of halogens is 1. The van der Waals surface area contributed by atoms with Crippen LogP contribution in [0.4, 0.5) is 4.39 Å². The lowest BCUT2D eigenvalue weighted by Gasteiger charge is -2.40. The van der Waals surface area contributed by atoms with Crippen molar-refractivity contribution >= 4 is 32.3 Å². The number of thioether (sulfide) groups is 1. The predicted molar refractivity (Wildman–Crippen MR) is 118 cm³/mol. The van der Waals surface area contributed by atoms with Crippen LogP contribution < -0.4 is 10.5 Å². The Morgan fingerprint density at radius 2 is 1.84 bits per heavy atom. The number of methoxy groups -OCH3 is 1. The molecule has 11 heteroatoms. The molecule has 2 aliphatic heterocycles. The molecule has 1 aromatic heterocycles. The highest BCUT2D eigenvalue weighted by Gasteiger charge is 2.54. The molecule has 0 saturated heterocycles. The fraction of sp³-hybridized carbons (Fsp3) is 0.450. The Morgan fingerprint density at radius 1 is 1.19 bits per heavy atom. The third kappa shape index (κ3) is 3.63. The predicted octanol–water partition coefficient (Wildman–Crippen LogP) is 2.86. The number of aliphatic imine (C=N–C) groups is 1. The molecule has 2 aliphatic rings. The van der Waals surface area contributed by atoms with Crippen molar-refractivity contribution in [2.45, 2.75) is 42.5 Å². The molecule has 0 aliphatic carbocycles. The molecule has 0 bridgehead atoms. The number of hydrogen-bond donors (Lipinski definition) is 1. The summed E-state index contributed by atoms with van der Waals surface area (Å²) in [5, 5.41) is 7.29. The van der Waals surface area contributed by atoms with E-state index in [-0.39, 0.29) is 23.4 Å². The zero-order valence-corrected chi connectivity index (χ0v) is 19.1. The molecule has 0 amide bonds. The van der Waals surface area contributed by atoms with Crippen LogP contribution in [0.3, 0.4) is 0 Å². The standard InChI is InChI=1S/C20H23FN4O4S2/c1-19(2)18(22)23-20(3,10-31(19,26)27)15-13(21)9-14(30-15)17-25-24-16(29-17)11-5-7-12(28-4)8-6-11/h5-9,13,15H,10H2,1-4H3,(H2,22,23)/t13?,15?,20-/m0/s1. The maximum atomic E-state index is 15.0. The minimum Gasteiger partial charge on any atom is -0.497 e. The number of amidine groups is 1. The zero-order chi connectivity index (χ0) is 22.6. The van der Waals surface area contributed by atoms with E-state index in [0.717, 1.165) is 11.8 Å². The lowest BCUT2D eigenvalue weighted by atomic mass is 9.96. The number of nitrogens with zero attached hydrogens (tertiary/aromatic N) is 3. The third-order valence-corrected chi connectivity index (χ3v) is 10.0. The van der Waals surface area contributed by atoms with Crippen molar-refractivity contribution in [2.75, 3.05) is 12.9 Å². The summed E-state index contributed by atoms with van der Waals surface area (Å²) in [7, 11) is -2.05. The Bertz CT molecular complexity index is 1170. The molecule has 2 aromatic rings. The van der Waals surface area contributed by atoms with E-state index in [9.17, 15) is 8.42 Å². The Kier molecular flexibility index (Phi) is 5.16. The number of ether oxygens (including phenoxy) is 1. The quantitative estimate of drug-likeness (QED) is 0.730. The molecule has 3 atom stereocenters. The summed E-state index contributed by atoms with van der Waals surface area (Å²) in [5.74, 6) is 0.837. The van der Waals surface area contributed by atoms with Crippen molar-refractivity contribution in [2.24, 2.45) is 10.7 Å². The molecule has 2 unspecified atom stereocenters. The molecule has 166 valence electrons. The fourth-order valence-electron chi connectivity index (χ4n) is 3.55. The van der Waals surface area contributed by atoms with E-state index in [0.29, 0.717) is 16.2 Å². The van der Waals surface area contributed by atoms with Gasteiger partial charge >= 0.3 is 0 Å². The first kappa shape index (κ1) is 21.8. The molecule has 0 fully saturated rings. The van der Waals surface area contributed by atoms with E-state index in [2.05, 4.69) is 15.2 Å². The monoisotopic (exact) mass is 466 g/mol. The van der Waals surface area contributed by atoms with Gasteiger partial charge in [0.05, 0.1) is 28.6 Å². The van der Waals surface area contributed by atoms with Crippen molar-refractivity contribution < 1.29 is 22.0 Å². The number of rotatable bonds is 4. The molecule has 8 nitrogen and oxygen atoms in total. The number of benzene rings is 1. The number of allylic oxidation sites excluding steroid dienone is 1. The maximum Gasteiger partial charge on any atom is 0.254 e. The van der Waals surface area contributed by atoms with Gasteiger partial charge in [0.1, 0.15) is 22.5 Å². The number of nitrogens with two attached hydrogens (primary N) is 1. The van der Waals surface area contributed by atoms with E-state index in [1.54, 1.807) is 38.3 Å². The largest absolute Gasteiger partial charge is 0.497 e. The lowest BCUT2D eigenvalue weighted by molar-refractivity contribution is 0.326. The van der Waals surface area contributed by atoms with Crippen LogP contribution in [0.2, 0.25) is 0 Å². The van der Waals surface area contributed by atoms with Crippen LogP contribution >= 0.6 is 11.8 Å². The van der Waals surface area contributed by atoms with Gasteiger partial charge in [0, 0.05) is 5.56 Å². The molecular formula is C20H23FN4O4S2. The summed E-state index contributed by atoms with van der Waals surface area (Å²) in [4.78, 5) is 4.88. The Hall–Kier alpha value is -2.40. The number of hydrogen-bond acceptors (Lipinski definition) is 9. The van der Waals surface area contributed by atoms with E-state index in [1.165, 1.54) is 19.9 Å². The van der Waals surface area contributed by atoms with Gasteiger partial charge in [0.15, 0.2) is 9.84 Å². The summed E-state index contributed by atoms with van der Waals surface area (Å²) in [6.07, 6.45) is -0.0847.